The van der Waals surface area contributed by atoms with Crippen LogP contribution in [-0.2, 0) is 6.18 Å². The standard InChI is InChI=1S/C7H4ClF3O.Li.H/c8-5-3-4(7(9,10)11)1-2-6(5)12;;/h1-3,12H;;. The second-order valence-corrected chi connectivity index (χ2v) is 2.57. The van der Waals surface area contributed by atoms with Crippen molar-refractivity contribution in [3.8, 4) is 5.75 Å². The SMILES string of the molecule is Oc1ccc(C(F)(F)F)cc1Cl.[LiH]. The van der Waals surface area contributed by atoms with Crippen molar-refractivity contribution in [1.82, 2.24) is 0 Å². The van der Waals surface area contributed by atoms with Crippen molar-refractivity contribution in [2.45, 2.75) is 6.18 Å². The average molecular weight is 205 g/mol. The summed E-state index contributed by atoms with van der Waals surface area (Å²) in [6.45, 7) is 0. The summed E-state index contributed by atoms with van der Waals surface area (Å²) in [6, 6.07) is 2.35. The Labute approximate surface area is 89.7 Å². The van der Waals surface area contributed by atoms with Gasteiger partial charge in [0.25, 0.3) is 0 Å². The zero-order chi connectivity index (χ0) is 9.35. The minimum atomic E-state index is -4.42. The molecule has 0 fully saturated rings. The number of rotatable bonds is 0. The van der Waals surface area contributed by atoms with E-state index in [4.69, 9.17) is 16.7 Å². The first kappa shape index (κ1) is 12.7. The quantitative estimate of drug-likeness (QED) is 0.644. The Kier molecular flexibility index (Phi) is 4.17. The van der Waals surface area contributed by atoms with Gasteiger partial charge in [0.05, 0.1) is 10.6 Å². The van der Waals surface area contributed by atoms with Crippen molar-refractivity contribution in [3.05, 3.63) is 28.8 Å². The summed E-state index contributed by atoms with van der Waals surface area (Å²) in [5.74, 6) is -0.357. The Bertz CT molecular complexity index is 300. The molecule has 0 aliphatic carbocycles. The van der Waals surface area contributed by atoms with Crippen LogP contribution in [0.2, 0.25) is 5.02 Å². The van der Waals surface area contributed by atoms with Crippen LogP contribution in [0.5, 0.6) is 5.75 Å². The van der Waals surface area contributed by atoms with Crippen LogP contribution in [0.15, 0.2) is 18.2 Å². The van der Waals surface area contributed by atoms with Crippen LogP contribution in [0.4, 0.5) is 13.2 Å². The second kappa shape index (κ2) is 4.27. The van der Waals surface area contributed by atoms with Gasteiger partial charge < -0.3 is 5.11 Å². The molecule has 0 aliphatic rings. The van der Waals surface area contributed by atoms with E-state index < -0.39 is 11.7 Å². The summed E-state index contributed by atoms with van der Waals surface area (Å²) in [4.78, 5) is 0. The molecule has 0 saturated carbocycles. The fourth-order valence-corrected chi connectivity index (χ4v) is 0.864. The van der Waals surface area contributed by atoms with Crippen LogP contribution >= 0.6 is 11.6 Å². The number of halogens is 4. The molecule has 0 aliphatic heterocycles. The molecule has 1 N–H and O–H groups in total. The Morgan fingerprint density at radius 2 is 1.77 bits per heavy atom. The van der Waals surface area contributed by atoms with E-state index in [9.17, 15) is 13.2 Å². The topological polar surface area (TPSA) is 20.2 Å². The maximum atomic E-state index is 12.0. The monoisotopic (exact) mass is 204 g/mol. The van der Waals surface area contributed by atoms with Crippen molar-refractivity contribution >= 4 is 30.5 Å². The van der Waals surface area contributed by atoms with Gasteiger partial charge in [-0.15, -0.1) is 0 Å². The zero-order valence-electron chi connectivity index (χ0n) is 5.69. The van der Waals surface area contributed by atoms with Gasteiger partial charge in [-0.05, 0) is 18.2 Å². The third kappa shape index (κ3) is 3.15. The van der Waals surface area contributed by atoms with Gasteiger partial charge >= 0.3 is 25.0 Å². The summed E-state index contributed by atoms with van der Waals surface area (Å²) < 4.78 is 35.9. The fraction of sp³-hybridized carbons (Fsp3) is 0.143. The van der Waals surface area contributed by atoms with Crippen molar-refractivity contribution in [2.24, 2.45) is 0 Å². The van der Waals surface area contributed by atoms with Crippen molar-refractivity contribution in [3.63, 3.8) is 0 Å². The van der Waals surface area contributed by atoms with Gasteiger partial charge in [-0.2, -0.15) is 13.2 Å². The molecule has 1 aromatic carbocycles. The van der Waals surface area contributed by atoms with E-state index in [0.717, 1.165) is 12.1 Å². The molecule has 6 heteroatoms. The van der Waals surface area contributed by atoms with Crippen molar-refractivity contribution in [1.29, 1.82) is 0 Å². The molecule has 0 unspecified atom stereocenters. The van der Waals surface area contributed by atoms with Gasteiger partial charge in [0.1, 0.15) is 5.75 Å². The molecule has 13 heavy (non-hydrogen) atoms. The predicted molar refractivity (Wildman–Crippen MR) is 45.3 cm³/mol. The summed E-state index contributed by atoms with van der Waals surface area (Å²) in [5, 5.41) is 8.51. The molecule has 0 saturated heterocycles. The number of aromatic hydroxyl groups is 1. The number of phenols is 1. The molecule has 0 spiro atoms. The van der Waals surface area contributed by atoms with E-state index in [-0.39, 0.29) is 29.6 Å². The number of phenolic OH excluding ortho intramolecular Hbond substituents is 1. The first-order valence-corrected chi connectivity index (χ1v) is 3.35. The Morgan fingerprint density at radius 3 is 2.15 bits per heavy atom. The Hall–Kier alpha value is -0.303. The molecule has 1 rings (SSSR count). The summed E-state index contributed by atoms with van der Waals surface area (Å²) in [6.07, 6.45) is -4.42. The van der Waals surface area contributed by atoms with Gasteiger partial charge in [0.15, 0.2) is 0 Å². The van der Waals surface area contributed by atoms with E-state index in [1.807, 2.05) is 0 Å². The fourth-order valence-electron chi connectivity index (χ4n) is 0.683. The van der Waals surface area contributed by atoms with Crippen LogP contribution in [-0.4, -0.2) is 24.0 Å². The van der Waals surface area contributed by atoms with Crippen molar-refractivity contribution < 1.29 is 18.3 Å². The summed E-state index contributed by atoms with van der Waals surface area (Å²) in [5.41, 5.74) is -0.870. The van der Waals surface area contributed by atoms with Crippen LogP contribution in [0.25, 0.3) is 0 Å². The molecule has 0 radical (unpaired) electrons. The Morgan fingerprint density at radius 1 is 1.23 bits per heavy atom. The van der Waals surface area contributed by atoms with E-state index in [1.54, 1.807) is 0 Å². The molecule has 0 bridgehead atoms. The number of benzene rings is 1. The summed E-state index contributed by atoms with van der Waals surface area (Å²) >= 11 is 5.27. The molecule has 0 aromatic heterocycles. The van der Waals surface area contributed by atoms with Crippen LogP contribution in [0.1, 0.15) is 5.56 Å². The first-order chi connectivity index (χ1) is 5.41. The zero-order valence-corrected chi connectivity index (χ0v) is 6.45. The molecular formula is C7H5ClF3LiO. The third-order valence-corrected chi connectivity index (χ3v) is 1.58. The summed E-state index contributed by atoms with van der Waals surface area (Å²) in [7, 11) is 0. The first-order valence-electron chi connectivity index (χ1n) is 2.97. The van der Waals surface area contributed by atoms with E-state index in [0.29, 0.717) is 6.07 Å². The molecule has 1 nitrogen and oxygen atoms in total. The molecule has 0 heterocycles. The van der Waals surface area contributed by atoms with E-state index >= 15 is 0 Å². The average Bonchev–Trinajstić information content (AvgIpc) is 1.92. The van der Waals surface area contributed by atoms with Gasteiger partial charge in [0, 0.05) is 0 Å². The van der Waals surface area contributed by atoms with Gasteiger partial charge in [-0.25, -0.2) is 0 Å². The normalized spacial score (nSPS) is 10.8. The molecule has 68 valence electrons. The number of alkyl halides is 3. The van der Waals surface area contributed by atoms with E-state index in [1.165, 1.54) is 0 Å². The van der Waals surface area contributed by atoms with Crippen molar-refractivity contribution in [2.75, 3.05) is 0 Å². The minimum absolute atomic E-state index is 0. The van der Waals surface area contributed by atoms with E-state index in [2.05, 4.69) is 0 Å². The number of hydrogen-bond donors (Lipinski definition) is 1. The van der Waals surface area contributed by atoms with Gasteiger partial charge in [-0.1, -0.05) is 11.6 Å². The van der Waals surface area contributed by atoms with Gasteiger partial charge in [0.2, 0.25) is 0 Å². The maximum absolute atomic E-state index is 12.0. The molecular weight excluding hydrogens is 199 g/mol. The Balaban J connectivity index is 0.00000144. The van der Waals surface area contributed by atoms with Crippen LogP contribution in [0.3, 0.4) is 0 Å². The van der Waals surface area contributed by atoms with Crippen LogP contribution < -0.4 is 0 Å². The number of hydrogen-bond acceptors (Lipinski definition) is 1. The molecule has 0 atom stereocenters. The van der Waals surface area contributed by atoms with Crippen LogP contribution in [0, 0.1) is 0 Å². The third-order valence-electron chi connectivity index (χ3n) is 1.28. The molecule has 1 aromatic rings. The predicted octanol–water partition coefficient (Wildman–Crippen LogP) is 2.42. The molecule has 0 amide bonds. The van der Waals surface area contributed by atoms with Gasteiger partial charge in [-0.3, -0.25) is 0 Å². The second-order valence-electron chi connectivity index (χ2n) is 2.16.